The van der Waals surface area contributed by atoms with Gasteiger partial charge >= 0.3 is 60.6 Å². The molecule has 4 amide bonds. The van der Waals surface area contributed by atoms with Gasteiger partial charge in [-0.1, -0.05) is 54.0 Å². The Morgan fingerprint density at radius 3 is 1.14 bits per heavy atom. The fourth-order valence-electron chi connectivity index (χ4n) is 9.55. The summed E-state index contributed by atoms with van der Waals surface area (Å²) in [6, 6.07) is -0.927. The highest BCUT2D eigenvalue weighted by Gasteiger charge is 2.45. The number of amides is 4. The average molecular weight is 1190 g/mol. The van der Waals surface area contributed by atoms with Crippen LogP contribution < -0.4 is 21.3 Å². The molecule has 28 heteroatoms. The highest BCUT2D eigenvalue weighted by molar-refractivity contribution is 5.82. The number of rotatable bonds is 36. The first-order chi connectivity index (χ1) is 39.2. The van der Waals surface area contributed by atoms with Crippen LogP contribution in [0, 0.1) is 22.7 Å². The minimum absolute atomic E-state index is 0.0585. The maximum Gasteiger partial charge on any atom is 0.511 e. The van der Waals surface area contributed by atoms with Gasteiger partial charge in [-0.2, -0.15) is 0 Å². The van der Waals surface area contributed by atoms with E-state index in [1.807, 2.05) is 34.6 Å². The molecule has 468 valence electrons. The number of esters is 4. The molecule has 2 rings (SSSR count). The van der Waals surface area contributed by atoms with Crippen LogP contribution >= 0.6 is 0 Å². The first kappa shape index (κ1) is 71.5. The first-order valence-electron chi connectivity index (χ1n) is 26.9. The van der Waals surface area contributed by atoms with Gasteiger partial charge in [0.15, 0.2) is 0 Å². The predicted molar refractivity (Wildman–Crippen MR) is 290 cm³/mol. The van der Waals surface area contributed by atoms with E-state index in [1.165, 1.54) is 0 Å². The van der Waals surface area contributed by atoms with Crippen LogP contribution in [-0.4, -0.2) is 183 Å². The van der Waals surface area contributed by atoms with Gasteiger partial charge in [-0.3, -0.25) is 0 Å². The summed E-state index contributed by atoms with van der Waals surface area (Å²) in [7, 11) is 0. The largest absolute Gasteiger partial charge is 0.511 e. The van der Waals surface area contributed by atoms with Gasteiger partial charge in [0.05, 0.1) is 51.5 Å². The monoisotopic (exact) mass is 1180 g/mol. The zero-order valence-electron chi connectivity index (χ0n) is 48.5. The molecule has 2 saturated carbocycles. The van der Waals surface area contributed by atoms with E-state index in [9.17, 15) is 47.9 Å². The average Bonchev–Trinajstić information content (AvgIpc) is 3.61. The second-order valence-corrected chi connectivity index (χ2v) is 21.6. The Hall–Kier alpha value is -7.62. The van der Waals surface area contributed by atoms with Crippen molar-refractivity contribution in [3.05, 3.63) is 50.6 Å². The standard InChI is InChI=1S/C55H84N4O24/c1-11-42(60)72-19-15-17-70-29-38(31-78-44(62)13-3)33-80-48(66)58-54(9)27-40(25-52(5,6)35-54)56-46(64)74-21-22-75-50(68)76-23-24-77-51(69)83-37-82-47(65)57-41-26-53(7,8)36-55(10,28-41)59-49(67)81-34-39(32-79-45(63)14-4)30-71-18-16-20-73-43(61)12-2/h11-14,38-41H,1-4,15-37H2,5-10H3,(H,56,64)(H,57,65)(H,58,66)(H,59,67). The van der Waals surface area contributed by atoms with Crippen LogP contribution in [0.4, 0.5) is 28.8 Å². The second kappa shape index (κ2) is 37.5. The number of hydrogen-bond donors (Lipinski definition) is 4. The van der Waals surface area contributed by atoms with Gasteiger partial charge in [-0.15, -0.1) is 0 Å². The first-order valence-corrected chi connectivity index (χ1v) is 26.9. The summed E-state index contributed by atoms with van der Waals surface area (Å²) in [5.41, 5.74) is -2.40. The molecule has 2 fully saturated rings. The zero-order chi connectivity index (χ0) is 61.9. The molecule has 83 heavy (non-hydrogen) atoms. The minimum atomic E-state index is -1.24. The van der Waals surface area contributed by atoms with Gasteiger partial charge in [0.1, 0.15) is 39.6 Å². The summed E-state index contributed by atoms with van der Waals surface area (Å²) < 4.78 is 71.8. The van der Waals surface area contributed by atoms with Crippen molar-refractivity contribution in [3.63, 3.8) is 0 Å². The van der Waals surface area contributed by atoms with Gasteiger partial charge in [-0.25, -0.2) is 47.9 Å². The van der Waals surface area contributed by atoms with E-state index >= 15 is 0 Å². The molecule has 6 unspecified atom stereocenters. The molecule has 2 aliphatic rings. The van der Waals surface area contributed by atoms with E-state index in [2.05, 4.69) is 47.6 Å². The molecule has 4 N–H and O–H groups in total. The lowest BCUT2D eigenvalue weighted by molar-refractivity contribution is -0.141. The molecule has 0 spiro atoms. The number of alkyl carbamates (subject to hydrolysis) is 4. The van der Waals surface area contributed by atoms with Crippen LogP contribution in [-0.2, 0) is 85.5 Å². The Labute approximate surface area is 483 Å². The van der Waals surface area contributed by atoms with Crippen LogP contribution in [0.5, 0.6) is 0 Å². The lowest BCUT2D eigenvalue weighted by Gasteiger charge is -2.46. The van der Waals surface area contributed by atoms with Crippen molar-refractivity contribution in [1.82, 2.24) is 21.3 Å². The van der Waals surface area contributed by atoms with E-state index < -0.39 is 116 Å². The summed E-state index contributed by atoms with van der Waals surface area (Å²) in [5, 5.41) is 11.3. The number of carbonyl (C=O) groups excluding carboxylic acids is 10. The maximum absolute atomic E-state index is 13.1. The highest BCUT2D eigenvalue weighted by Crippen LogP contribution is 2.42. The summed E-state index contributed by atoms with van der Waals surface area (Å²) >= 11 is 0. The Bertz CT molecular complexity index is 2190. The Morgan fingerprint density at radius 1 is 0.398 bits per heavy atom. The normalized spacial score (nSPS) is 20.0. The van der Waals surface area contributed by atoms with Crippen molar-refractivity contribution in [2.24, 2.45) is 22.7 Å². The molecular weight excluding hydrogens is 1100 g/mol. The predicted octanol–water partition coefficient (Wildman–Crippen LogP) is 5.79. The van der Waals surface area contributed by atoms with Crippen molar-refractivity contribution in [3.8, 4) is 0 Å². The number of carbonyl (C=O) groups is 10. The third kappa shape index (κ3) is 33.2. The smallest absolute Gasteiger partial charge is 0.462 e. The molecule has 0 aromatic heterocycles. The fraction of sp³-hybridized carbons (Fsp3) is 0.673. The summed E-state index contributed by atoms with van der Waals surface area (Å²) in [6.07, 6.45) is 1.98. The van der Waals surface area contributed by atoms with Crippen molar-refractivity contribution in [2.45, 2.75) is 116 Å². The SMILES string of the molecule is C=CC(=O)OCCCOCC(COC(=O)C=C)COC(=O)NC1(C)CC(NC(=O)OCCOC(=O)OCCOC(=O)OCOC(=O)NC2CC(C)(C)CC(C)(NC(=O)OCC(COCCCOC(=O)C=C)COC(=O)C=C)C2)CC(C)(C)C1. The summed E-state index contributed by atoms with van der Waals surface area (Å²) in [5.74, 6) is -3.51. The van der Waals surface area contributed by atoms with Gasteiger partial charge < -0.3 is 87.6 Å². The third-order valence-electron chi connectivity index (χ3n) is 12.2. The third-order valence-corrected chi connectivity index (χ3v) is 12.2. The van der Waals surface area contributed by atoms with Gasteiger partial charge in [0.2, 0.25) is 6.79 Å². The Kier molecular flexibility index (Phi) is 32.3. The zero-order valence-corrected chi connectivity index (χ0v) is 48.5. The van der Waals surface area contributed by atoms with Crippen LogP contribution in [0.3, 0.4) is 0 Å². The topological polar surface area (TPSA) is 348 Å². The molecule has 0 bridgehead atoms. The summed E-state index contributed by atoms with van der Waals surface area (Å²) in [4.78, 5) is 122. The molecular formula is C55H84N4O24. The van der Waals surface area contributed by atoms with E-state index in [4.69, 9.17) is 66.3 Å². The molecule has 0 aromatic rings. The summed E-state index contributed by atoms with van der Waals surface area (Å²) in [6.45, 7) is 22.7. The minimum Gasteiger partial charge on any atom is -0.462 e. The second-order valence-electron chi connectivity index (χ2n) is 21.6. The molecule has 0 aromatic carbocycles. The molecule has 6 atom stereocenters. The van der Waals surface area contributed by atoms with E-state index in [0.29, 0.717) is 44.9 Å². The fourth-order valence-corrected chi connectivity index (χ4v) is 9.55. The van der Waals surface area contributed by atoms with Crippen LogP contribution in [0.2, 0.25) is 0 Å². The van der Waals surface area contributed by atoms with Crippen LogP contribution in [0.15, 0.2) is 50.6 Å². The Balaban J connectivity index is 1.69. The van der Waals surface area contributed by atoms with Gasteiger partial charge in [0.25, 0.3) is 0 Å². The Morgan fingerprint density at radius 2 is 0.747 bits per heavy atom. The number of ether oxygens (including phenoxy) is 14. The van der Waals surface area contributed by atoms with Crippen LogP contribution in [0.1, 0.15) is 92.9 Å². The number of hydrogen-bond acceptors (Lipinski definition) is 24. The van der Waals surface area contributed by atoms with Gasteiger partial charge in [-0.05, 0) is 63.2 Å². The number of nitrogens with one attached hydrogen (secondary N) is 4. The molecule has 28 nitrogen and oxygen atoms in total. The van der Waals surface area contributed by atoms with Crippen LogP contribution in [0.25, 0.3) is 0 Å². The molecule has 0 aliphatic heterocycles. The van der Waals surface area contributed by atoms with Gasteiger partial charge in [0, 0.05) is 73.5 Å². The highest BCUT2D eigenvalue weighted by atomic mass is 16.8. The van der Waals surface area contributed by atoms with Crippen molar-refractivity contribution in [2.75, 3.05) is 99.3 Å². The van der Waals surface area contributed by atoms with Crippen molar-refractivity contribution >= 4 is 60.6 Å². The molecule has 2 aliphatic carbocycles. The molecule has 0 saturated heterocycles. The van der Waals surface area contributed by atoms with E-state index in [1.54, 1.807) is 6.92 Å². The van der Waals surface area contributed by atoms with Crippen molar-refractivity contribution < 1.29 is 114 Å². The lowest BCUT2D eigenvalue weighted by atomic mass is 9.67. The quantitative estimate of drug-likeness (QED) is 0.0189. The maximum atomic E-state index is 13.1. The lowest BCUT2D eigenvalue weighted by Crippen LogP contribution is -2.57. The molecule has 0 heterocycles. The van der Waals surface area contributed by atoms with E-state index in [-0.39, 0.29) is 96.5 Å². The molecule has 0 radical (unpaired) electrons. The van der Waals surface area contributed by atoms with E-state index in [0.717, 1.165) is 24.3 Å². The van der Waals surface area contributed by atoms with Crippen molar-refractivity contribution in [1.29, 1.82) is 0 Å².